The summed E-state index contributed by atoms with van der Waals surface area (Å²) in [5.41, 5.74) is 2.30. The van der Waals surface area contributed by atoms with Gasteiger partial charge in [0.1, 0.15) is 0 Å². The second-order valence-corrected chi connectivity index (χ2v) is 4.62. The van der Waals surface area contributed by atoms with E-state index < -0.39 is 0 Å². The van der Waals surface area contributed by atoms with Gasteiger partial charge in [-0.25, -0.2) is 0 Å². The summed E-state index contributed by atoms with van der Waals surface area (Å²) in [5, 5.41) is 6.19. The molecule has 3 heteroatoms. The Labute approximate surface area is 110 Å². The summed E-state index contributed by atoms with van der Waals surface area (Å²) in [6, 6.07) is 8.36. The van der Waals surface area contributed by atoms with Crippen LogP contribution in [0.1, 0.15) is 39.2 Å². The Morgan fingerprint density at radius 2 is 2.00 bits per heavy atom. The maximum atomic E-state index is 11.7. The fourth-order valence-electron chi connectivity index (χ4n) is 2.01. The molecular weight excluding hydrogens is 224 g/mol. The summed E-state index contributed by atoms with van der Waals surface area (Å²) in [5.74, 6) is 0.0573. The maximum Gasteiger partial charge on any atom is 0.239 e. The number of carbonyl (C=O) groups excluding carboxylic acids is 1. The van der Waals surface area contributed by atoms with Crippen LogP contribution in [0, 0.1) is 0 Å². The van der Waals surface area contributed by atoms with E-state index in [0.29, 0.717) is 6.54 Å². The number of nitrogens with one attached hydrogen (secondary N) is 2. The van der Waals surface area contributed by atoms with Gasteiger partial charge in [0.15, 0.2) is 0 Å². The van der Waals surface area contributed by atoms with E-state index in [2.05, 4.69) is 30.5 Å². The molecule has 1 atom stereocenters. The minimum Gasteiger partial charge on any atom is -0.376 e. The third-order valence-corrected chi connectivity index (χ3v) is 2.97. The molecule has 0 aliphatic heterocycles. The molecule has 0 aromatic heterocycles. The molecule has 0 saturated heterocycles. The summed E-state index contributed by atoms with van der Waals surface area (Å²) < 4.78 is 0. The van der Waals surface area contributed by atoms with Gasteiger partial charge in [0.05, 0.1) is 6.54 Å². The number of aryl methyl sites for hydroxylation is 1. The maximum absolute atomic E-state index is 11.7. The molecule has 0 saturated carbocycles. The highest BCUT2D eigenvalue weighted by molar-refractivity contribution is 5.81. The van der Waals surface area contributed by atoms with E-state index in [0.717, 1.165) is 24.9 Å². The minimum absolute atomic E-state index is 0.0573. The molecule has 0 spiro atoms. The van der Waals surface area contributed by atoms with Crippen molar-refractivity contribution in [1.29, 1.82) is 0 Å². The topological polar surface area (TPSA) is 41.1 Å². The van der Waals surface area contributed by atoms with Crippen LogP contribution in [-0.2, 0) is 11.2 Å². The lowest BCUT2D eigenvalue weighted by Gasteiger charge is -2.14. The second-order valence-electron chi connectivity index (χ2n) is 4.62. The first-order valence-corrected chi connectivity index (χ1v) is 6.78. The number of carbonyl (C=O) groups is 1. The van der Waals surface area contributed by atoms with Gasteiger partial charge in [-0.15, -0.1) is 0 Å². The average Bonchev–Trinajstić information content (AvgIpc) is 2.37. The Kier molecular flexibility index (Phi) is 6.26. The van der Waals surface area contributed by atoms with E-state index >= 15 is 0 Å². The van der Waals surface area contributed by atoms with Crippen molar-refractivity contribution in [3.05, 3.63) is 29.8 Å². The van der Waals surface area contributed by atoms with E-state index in [-0.39, 0.29) is 11.9 Å². The monoisotopic (exact) mass is 248 g/mol. The number of anilines is 1. The first kappa shape index (κ1) is 14.6. The highest BCUT2D eigenvalue weighted by atomic mass is 16.1. The molecule has 1 aromatic carbocycles. The van der Waals surface area contributed by atoms with Crippen molar-refractivity contribution in [2.75, 3.05) is 11.9 Å². The fourth-order valence-corrected chi connectivity index (χ4v) is 2.01. The number of hydrogen-bond acceptors (Lipinski definition) is 2. The van der Waals surface area contributed by atoms with Crippen LogP contribution in [0.5, 0.6) is 0 Å². The SMILES string of the molecule is CCCC(C)NC(=O)CNc1ccccc1CC. The van der Waals surface area contributed by atoms with E-state index in [1.165, 1.54) is 5.56 Å². The van der Waals surface area contributed by atoms with Crippen LogP contribution in [0.15, 0.2) is 24.3 Å². The predicted molar refractivity (Wildman–Crippen MR) is 76.8 cm³/mol. The Morgan fingerprint density at radius 3 is 2.67 bits per heavy atom. The molecule has 0 aliphatic carbocycles. The number of benzene rings is 1. The summed E-state index contributed by atoms with van der Waals surface area (Å²) in [6.45, 7) is 6.62. The number of hydrogen-bond donors (Lipinski definition) is 2. The van der Waals surface area contributed by atoms with Gasteiger partial charge in [0.25, 0.3) is 0 Å². The summed E-state index contributed by atoms with van der Waals surface area (Å²) in [6.07, 6.45) is 3.09. The van der Waals surface area contributed by atoms with Gasteiger partial charge in [0, 0.05) is 11.7 Å². The molecule has 18 heavy (non-hydrogen) atoms. The third kappa shape index (κ3) is 4.78. The molecule has 1 rings (SSSR count). The van der Waals surface area contributed by atoms with Gasteiger partial charge in [-0.1, -0.05) is 38.5 Å². The standard InChI is InChI=1S/C15H24N2O/c1-4-8-12(3)17-15(18)11-16-14-10-7-6-9-13(14)5-2/h6-7,9-10,12,16H,4-5,8,11H2,1-3H3,(H,17,18). The zero-order chi connectivity index (χ0) is 13.4. The van der Waals surface area contributed by atoms with Crippen molar-refractivity contribution < 1.29 is 4.79 Å². The van der Waals surface area contributed by atoms with Crippen LogP contribution >= 0.6 is 0 Å². The molecule has 1 aromatic rings. The molecule has 3 nitrogen and oxygen atoms in total. The smallest absolute Gasteiger partial charge is 0.239 e. The predicted octanol–water partition coefficient (Wildman–Crippen LogP) is 2.97. The quantitative estimate of drug-likeness (QED) is 0.779. The summed E-state index contributed by atoms with van der Waals surface area (Å²) in [7, 11) is 0. The molecule has 0 heterocycles. The van der Waals surface area contributed by atoms with Gasteiger partial charge in [-0.2, -0.15) is 0 Å². The Balaban J connectivity index is 2.42. The first-order chi connectivity index (χ1) is 8.67. The van der Waals surface area contributed by atoms with Crippen molar-refractivity contribution >= 4 is 11.6 Å². The number of rotatable bonds is 7. The molecule has 1 unspecified atom stereocenters. The molecule has 1 amide bonds. The normalized spacial score (nSPS) is 11.9. The van der Waals surface area contributed by atoms with E-state index in [4.69, 9.17) is 0 Å². The second kappa shape index (κ2) is 7.75. The largest absolute Gasteiger partial charge is 0.376 e. The van der Waals surface area contributed by atoms with Crippen LogP contribution in [0.3, 0.4) is 0 Å². The Hall–Kier alpha value is -1.51. The highest BCUT2D eigenvalue weighted by Crippen LogP contribution is 2.14. The van der Waals surface area contributed by atoms with Gasteiger partial charge in [0.2, 0.25) is 5.91 Å². The average molecular weight is 248 g/mol. The summed E-state index contributed by atoms with van der Waals surface area (Å²) >= 11 is 0. The Bertz CT molecular complexity index is 377. The Morgan fingerprint density at radius 1 is 1.28 bits per heavy atom. The first-order valence-electron chi connectivity index (χ1n) is 6.78. The minimum atomic E-state index is 0.0573. The van der Waals surface area contributed by atoms with Crippen molar-refractivity contribution in [1.82, 2.24) is 5.32 Å². The molecular formula is C15H24N2O. The van der Waals surface area contributed by atoms with Crippen molar-refractivity contribution in [2.45, 2.75) is 46.1 Å². The zero-order valence-corrected chi connectivity index (χ0v) is 11.6. The van der Waals surface area contributed by atoms with Crippen LogP contribution in [0.4, 0.5) is 5.69 Å². The lowest BCUT2D eigenvalue weighted by molar-refractivity contribution is -0.120. The molecule has 2 N–H and O–H groups in total. The number of amides is 1. The van der Waals surface area contributed by atoms with Crippen LogP contribution in [0.2, 0.25) is 0 Å². The molecule has 0 fully saturated rings. The van der Waals surface area contributed by atoms with E-state index in [9.17, 15) is 4.79 Å². The van der Waals surface area contributed by atoms with Crippen molar-refractivity contribution in [3.8, 4) is 0 Å². The fraction of sp³-hybridized carbons (Fsp3) is 0.533. The van der Waals surface area contributed by atoms with E-state index in [1.54, 1.807) is 0 Å². The molecule has 0 aliphatic rings. The third-order valence-electron chi connectivity index (χ3n) is 2.97. The van der Waals surface area contributed by atoms with Gasteiger partial charge in [-0.3, -0.25) is 4.79 Å². The molecule has 0 bridgehead atoms. The van der Waals surface area contributed by atoms with E-state index in [1.807, 2.05) is 25.1 Å². The van der Waals surface area contributed by atoms with Crippen molar-refractivity contribution in [2.24, 2.45) is 0 Å². The lowest BCUT2D eigenvalue weighted by Crippen LogP contribution is -2.36. The lowest BCUT2D eigenvalue weighted by atomic mass is 10.1. The van der Waals surface area contributed by atoms with Gasteiger partial charge in [-0.05, 0) is 31.4 Å². The van der Waals surface area contributed by atoms with Crippen LogP contribution < -0.4 is 10.6 Å². The van der Waals surface area contributed by atoms with Crippen LogP contribution in [0.25, 0.3) is 0 Å². The highest BCUT2D eigenvalue weighted by Gasteiger charge is 2.06. The zero-order valence-electron chi connectivity index (χ0n) is 11.6. The van der Waals surface area contributed by atoms with Gasteiger partial charge >= 0.3 is 0 Å². The van der Waals surface area contributed by atoms with Crippen molar-refractivity contribution in [3.63, 3.8) is 0 Å². The van der Waals surface area contributed by atoms with Crippen LogP contribution in [-0.4, -0.2) is 18.5 Å². The molecule has 0 radical (unpaired) electrons. The molecule has 100 valence electrons. The summed E-state index contributed by atoms with van der Waals surface area (Å²) in [4.78, 5) is 11.7. The number of para-hydroxylation sites is 1. The van der Waals surface area contributed by atoms with Gasteiger partial charge < -0.3 is 10.6 Å².